The van der Waals surface area contributed by atoms with E-state index in [9.17, 15) is 14.4 Å². The fraction of sp³-hybridized carbons (Fsp3) is 0.350. The van der Waals surface area contributed by atoms with Gasteiger partial charge < -0.3 is 9.64 Å². The first-order chi connectivity index (χ1) is 12.6. The topological polar surface area (TPSA) is 63.7 Å². The van der Waals surface area contributed by atoms with Crippen LogP contribution in [0.25, 0.3) is 0 Å². The normalized spacial score (nSPS) is 17.0. The number of likely N-dealkylation sites (tertiary alicyclic amines) is 1. The molecule has 2 heterocycles. The Labute approximate surface area is 156 Å². The molecule has 1 aromatic carbocycles. The highest BCUT2D eigenvalue weighted by atomic mass is 32.1. The maximum Gasteiger partial charge on any atom is 0.310 e. The van der Waals surface area contributed by atoms with Gasteiger partial charge in [-0.3, -0.25) is 14.4 Å². The molecule has 136 valence electrons. The van der Waals surface area contributed by atoms with Gasteiger partial charge in [0.1, 0.15) is 0 Å². The van der Waals surface area contributed by atoms with Crippen molar-refractivity contribution >= 4 is 29.0 Å². The lowest BCUT2D eigenvalue weighted by Crippen LogP contribution is -2.43. The van der Waals surface area contributed by atoms with Crippen molar-refractivity contribution in [2.75, 3.05) is 19.7 Å². The van der Waals surface area contributed by atoms with Crippen LogP contribution in [0.1, 0.15) is 45.4 Å². The lowest BCUT2D eigenvalue weighted by molar-refractivity contribution is -0.149. The van der Waals surface area contributed by atoms with Crippen molar-refractivity contribution in [3.63, 3.8) is 0 Å². The third-order valence-corrected chi connectivity index (χ3v) is 5.34. The molecule has 3 rings (SSSR count). The smallest absolute Gasteiger partial charge is 0.310 e. The van der Waals surface area contributed by atoms with Gasteiger partial charge >= 0.3 is 5.97 Å². The first-order valence-corrected chi connectivity index (χ1v) is 9.63. The number of ether oxygens (including phenoxy) is 1. The monoisotopic (exact) mass is 371 g/mol. The number of esters is 1. The highest BCUT2D eigenvalue weighted by Gasteiger charge is 2.31. The third-order valence-electron chi connectivity index (χ3n) is 4.48. The van der Waals surface area contributed by atoms with Crippen LogP contribution >= 0.6 is 11.3 Å². The summed E-state index contributed by atoms with van der Waals surface area (Å²) in [5.74, 6) is -0.914. The van der Waals surface area contributed by atoms with Crippen LogP contribution in [0.3, 0.4) is 0 Å². The largest absolute Gasteiger partial charge is 0.466 e. The summed E-state index contributed by atoms with van der Waals surface area (Å²) in [6, 6.07) is 10.4. The van der Waals surface area contributed by atoms with E-state index in [1.165, 1.54) is 11.3 Å². The van der Waals surface area contributed by atoms with Crippen molar-refractivity contribution in [1.82, 2.24) is 4.90 Å². The maximum absolute atomic E-state index is 13.0. The molecule has 1 aliphatic heterocycles. The van der Waals surface area contributed by atoms with Gasteiger partial charge in [0.25, 0.3) is 5.91 Å². The fourth-order valence-electron chi connectivity index (χ4n) is 3.19. The minimum absolute atomic E-state index is 0.150. The van der Waals surface area contributed by atoms with E-state index in [1.807, 2.05) is 11.4 Å². The molecular weight excluding hydrogens is 350 g/mol. The van der Waals surface area contributed by atoms with Crippen molar-refractivity contribution in [2.45, 2.75) is 19.8 Å². The second kappa shape index (κ2) is 8.27. The zero-order chi connectivity index (χ0) is 18.5. The Morgan fingerprint density at radius 3 is 2.62 bits per heavy atom. The molecule has 1 unspecified atom stereocenters. The summed E-state index contributed by atoms with van der Waals surface area (Å²) in [5, 5.41) is 1.84. The van der Waals surface area contributed by atoms with E-state index in [0.29, 0.717) is 35.7 Å². The van der Waals surface area contributed by atoms with Crippen LogP contribution in [0, 0.1) is 5.92 Å². The first kappa shape index (κ1) is 18.3. The van der Waals surface area contributed by atoms with E-state index in [1.54, 1.807) is 42.2 Å². The predicted molar refractivity (Wildman–Crippen MR) is 99.5 cm³/mol. The second-order valence-electron chi connectivity index (χ2n) is 6.19. The van der Waals surface area contributed by atoms with Gasteiger partial charge in [-0.1, -0.05) is 24.3 Å². The summed E-state index contributed by atoms with van der Waals surface area (Å²) in [7, 11) is 0. The standard InChI is InChI=1S/C20H21NO4S/c1-2-25-20(24)14-7-5-11-21(13-14)19(23)16-9-4-3-8-15(16)18(22)17-10-6-12-26-17/h3-4,6,8-10,12,14H,2,5,7,11,13H2,1H3. The zero-order valence-corrected chi connectivity index (χ0v) is 15.5. The molecule has 0 spiro atoms. The molecule has 0 radical (unpaired) electrons. The molecule has 2 aromatic rings. The molecule has 1 amide bonds. The number of piperidine rings is 1. The molecule has 6 heteroatoms. The summed E-state index contributed by atoms with van der Waals surface area (Å²) < 4.78 is 5.10. The van der Waals surface area contributed by atoms with Crippen LogP contribution in [0.4, 0.5) is 0 Å². The van der Waals surface area contributed by atoms with Gasteiger partial charge in [-0.05, 0) is 37.3 Å². The molecule has 0 aliphatic carbocycles. The molecule has 0 saturated carbocycles. The van der Waals surface area contributed by atoms with Gasteiger partial charge in [0.15, 0.2) is 0 Å². The Bertz CT molecular complexity index is 800. The molecule has 1 atom stereocenters. The van der Waals surface area contributed by atoms with E-state index in [0.717, 1.165) is 12.8 Å². The van der Waals surface area contributed by atoms with E-state index < -0.39 is 0 Å². The summed E-state index contributed by atoms with van der Waals surface area (Å²) in [4.78, 5) is 40.1. The van der Waals surface area contributed by atoms with Gasteiger partial charge in [-0.25, -0.2) is 0 Å². The van der Waals surface area contributed by atoms with E-state index >= 15 is 0 Å². The summed E-state index contributed by atoms with van der Waals surface area (Å²) in [6.07, 6.45) is 1.47. The SMILES string of the molecule is CCOC(=O)C1CCCN(C(=O)c2ccccc2C(=O)c2cccs2)C1. The minimum atomic E-state index is -0.298. The van der Waals surface area contributed by atoms with E-state index in [4.69, 9.17) is 4.74 Å². The molecular formula is C20H21NO4S. The number of amides is 1. The number of hydrogen-bond acceptors (Lipinski definition) is 5. The predicted octanol–water partition coefficient (Wildman–Crippen LogP) is 3.39. The summed E-state index contributed by atoms with van der Waals surface area (Å²) >= 11 is 1.36. The van der Waals surface area contributed by atoms with Gasteiger partial charge in [0, 0.05) is 18.7 Å². The number of carbonyl (C=O) groups is 3. The van der Waals surface area contributed by atoms with Gasteiger partial charge in [-0.2, -0.15) is 0 Å². The number of thiophene rings is 1. The van der Waals surface area contributed by atoms with Crippen LogP contribution in [-0.2, 0) is 9.53 Å². The molecule has 1 saturated heterocycles. The Kier molecular flexibility index (Phi) is 5.83. The van der Waals surface area contributed by atoms with Crippen LogP contribution < -0.4 is 0 Å². The van der Waals surface area contributed by atoms with Gasteiger partial charge in [0.05, 0.1) is 23.0 Å². The zero-order valence-electron chi connectivity index (χ0n) is 14.6. The minimum Gasteiger partial charge on any atom is -0.466 e. The number of nitrogens with zero attached hydrogens (tertiary/aromatic N) is 1. The Balaban J connectivity index is 1.82. The van der Waals surface area contributed by atoms with Crippen molar-refractivity contribution in [2.24, 2.45) is 5.92 Å². The second-order valence-corrected chi connectivity index (χ2v) is 7.14. The van der Waals surface area contributed by atoms with Crippen molar-refractivity contribution in [3.8, 4) is 0 Å². The number of benzene rings is 1. The molecule has 1 aliphatic rings. The summed E-state index contributed by atoms with van der Waals surface area (Å²) in [6.45, 7) is 3.02. The van der Waals surface area contributed by atoms with Crippen LogP contribution in [0.15, 0.2) is 41.8 Å². The number of ketones is 1. The highest BCUT2D eigenvalue weighted by molar-refractivity contribution is 7.12. The highest BCUT2D eigenvalue weighted by Crippen LogP contribution is 2.23. The molecule has 1 fully saturated rings. The van der Waals surface area contributed by atoms with Crippen LogP contribution in [0.2, 0.25) is 0 Å². The average Bonchev–Trinajstić information content (AvgIpc) is 3.22. The molecule has 26 heavy (non-hydrogen) atoms. The van der Waals surface area contributed by atoms with E-state index in [-0.39, 0.29) is 23.6 Å². The molecule has 5 nitrogen and oxygen atoms in total. The Morgan fingerprint density at radius 1 is 1.15 bits per heavy atom. The lowest BCUT2D eigenvalue weighted by Gasteiger charge is -2.32. The Morgan fingerprint density at radius 2 is 1.92 bits per heavy atom. The van der Waals surface area contributed by atoms with Crippen LogP contribution in [0.5, 0.6) is 0 Å². The molecule has 0 N–H and O–H groups in total. The summed E-state index contributed by atoms with van der Waals surface area (Å²) in [5.41, 5.74) is 0.786. The van der Waals surface area contributed by atoms with Crippen molar-refractivity contribution in [1.29, 1.82) is 0 Å². The van der Waals surface area contributed by atoms with Crippen LogP contribution in [-0.4, -0.2) is 42.3 Å². The first-order valence-electron chi connectivity index (χ1n) is 8.75. The quantitative estimate of drug-likeness (QED) is 0.597. The maximum atomic E-state index is 13.0. The van der Waals surface area contributed by atoms with E-state index in [2.05, 4.69) is 0 Å². The van der Waals surface area contributed by atoms with Crippen molar-refractivity contribution < 1.29 is 19.1 Å². The molecule has 1 aromatic heterocycles. The molecule has 0 bridgehead atoms. The third kappa shape index (κ3) is 3.85. The Hall–Kier alpha value is -2.47. The van der Waals surface area contributed by atoms with Gasteiger partial charge in [0.2, 0.25) is 5.78 Å². The average molecular weight is 371 g/mol. The van der Waals surface area contributed by atoms with Crippen molar-refractivity contribution in [3.05, 3.63) is 57.8 Å². The number of carbonyl (C=O) groups excluding carboxylic acids is 3. The fourth-order valence-corrected chi connectivity index (χ4v) is 3.87. The van der Waals surface area contributed by atoms with Gasteiger partial charge in [-0.15, -0.1) is 11.3 Å². The number of hydrogen-bond donors (Lipinski definition) is 0. The lowest BCUT2D eigenvalue weighted by atomic mass is 9.96. The number of rotatable bonds is 5.